The Hall–Kier alpha value is -2.32. The largest absolute Gasteiger partial charge is 0.398 e. The number of aryl methyl sites for hydroxylation is 1. The first-order valence-electron chi connectivity index (χ1n) is 8.13. The van der Waals surface area contributed by atoms with E-state index >= 15 is 0 Å². The van der Waals surface area contributed by atoms with Gasteiger partial charge >= 0.3 is 0 Å². The zero-order valence-electron chi connectivity index (χ0n) is 14.9. The van der Waals surface area contributed by atoms with Crippen molar-refractivity contribution in [3.8, 4) is 0 Å². The van der Waals surface area contributed by atoms with Gasteiger partial charge in [-0.15, -0.1) is 0 Å². The topological polar surface area (TPSA) is 102 Å². The highest BCUT2D eigenvalue weighted by Crippen LogP contribution is 2.30. The summed E-state index contributed by atoms with van der Waals surface area (Å²) in [7, 11) is -4.05. The summed E-state index contributed by atoms with van der Waals surface area (Å²) in [5.74, 6) is -0.644. The van der Waals surface area contributed by atoms with Crippen molar-refractivity contribution in [2.24, 2.45) is 0 Å². The van der Waals surface area contributed by atoms with Gasteiger partial charge in [0.15, 0.2) is 0 Å². The molecule has 0 spiro atoms. The predicted molar refractivity (Wildman–Crippen MR) is 116 cm³/mol. The van der Waals surface area contributed by atoms with Crippen LogP contribution in [0.5, 0.6) is 0 Å². The molecule has 0 amide bonds. The number of hydrogen-bond donors (Lipinski definition) is 2. The number of halogens is 3. The van der Waals surface area contributed by atoms with Gasteiger partial charge in [-0.25, -0.2) is 13.4 Å². The highest BCUT2D eigenvalue weighted by atomic mass is 35.5. The molecule has 0 unspecified atom stereocenters. The number of rotatable bonds is 5. The van der Waals surface area contributed by atoms with Crippen LogP contribution in [0, 0.1) is 6.92 Å². The summed E-state index contributed by atoms with van der Waals surface area (Å²) in [6.07, 6.45) is 1.23. The third-order valence-electron chi connectivity index (χ3n) is 4.03. The molecule has 0 atom stereocenters. The van der Waals surface area contributed by atoms with Crippen molar-refractivity contribution in [3.05, 3.63) is 80.6 Å². The molecule has 3 N–H and O–H groups in total. The lowest BCUT2D eigenvalue weighted by Crippen LogP contribution is -2.18. The molecule has 3 rings (SSSR count). The van der Waals surface area contributed by atoms with Crippen molar-refractivity contribution in [3.63, 3.8) is 0 Å². The number of sulfonamides is 1. The van der Waals surface area contributed by atoms with Crippen LogP contribution in [0.25, 0.3) is 0 Å². The Labute approximate surface area is 182 Å². The van der Waals surface area contributed by atoms with E-state index in [-0.39, 0.29) is 37.6 Å². The molecule has 0 saturated carbocycles. The maximum absolute atomic E-state index is 13.0. The van der Waals surface area contributed by atoms with Gasteiger partial charge in [0.2, 0.25) is 5.78 Å². The van der Waals surface area contributed by atoms with Crippen LogP contribution in [-0.4, -0.2) is 19.2 Å². The molecular weight excluding hydrogens is 457 g/mol. The summed E-state index contributed by atoms with van der Waals surface area (Å²) < 4.78 is 28.0. The van der Waals surface area contributed by atoms with E-state index in [1.807, 2.05) is 0 Å². The minimum absolute atomic E-state index is 0.0202. The Balaban J connectivity index is 2.08. The SMILES string of the molecule is Cc1cc(S(=O)(=O)Nc2cc(Cl)cnc2C(=O)c2c(N)cccc2Cl)ccc1Cl. The van der Waals surface area contributed by atoms with Gasteiger partial charge < -0.3 is 5.73 Å². The standard InChI is InChI=1S/C19H14Cl3N3O3S/c1-10-7-12(5-6-13(10)21)29(27,28)25-16-8-11(20)9-24-18(16)19(26)17-14(22)3-2-4-15(17)23/h2-9,25H,23H2,1H3. The number of carbonyl (C=O) groups excluding carboxylic acids is 1. The lowest BCUT2D eigenvalue weighted by atomic mass is 10.0. The second-order valence-electron chi connectivity index (χ2n) is 6.10. The van der Waals surface area contributed by atoms with Crippen molar-refractivity contribution < 1.29 is 13.2 Å². The number of nitrogens with two attached hydrogens (primary N) is 1. The maximum Gasteiger partial charge on any atom is 0.261 e. The van der Waals surface area contributed by atoms with Crippen molar-refractivity contribution in [2.75, 3.05) is 10.5 Å². The lowest BCUT2D eigenvalue weighted by Gasteiger charge is -2.14. The molecule has 29 heavy (non-hydrogen) atoms. The number of aromatic nitrogens is 1. The molecule has 1 aromatic heterocycles. The first-order chi connectivity index (χ1) is 13.6. The number of ketones is 1. The van der Waals surface area contributed by atoms with Gasteiger partial charge in [0, 0.05) is 16.9 Å². The van der Waals surface area contributed by atoms with Gasteiger partial charge in [0.05, 0.1) is 26.2 Å². The molecule has 0 saturated heterocycles. The van der Waals surface area contributed by atoms with Gasteiger partial charge in [-0.05, 0) is 48.9 Å². The number of nitrogens with zero attached hydrogens (tertiary/aromatic N) is 1. The highest BCUT2D eigenvalue weighted by Gasteiger charge is 2.24. The number of anilines is 2. The normalized spacial score (nSPS) is 11.3. The zero-order chi connectivity index (χ0) is 21.3. The fourth-order valence-electron chi connectivity index (χ4n) is 2.58. The van der Waals surface area contributed by atoms with Gasteiger partial charge in [-0.2, -0.15) is 0 Å². The molecule has 0 fully saturated rings. The smallest absolute Gasteiger partial charge is 0.261 e. The van der Waals surface area contributed by atoms with Crippen molar-refractivity contribution >= 4 is 62.0 Å². The van der Waals surface area contributed by atoms with Crippen LogP contribution in [0.4, 0.5) is 11.4 Å². The van der Waals surface area contributed by atoms with Crippen LogP contribution >= 0.6 is 34.8 Å². The highest BCUT2D eigenvalue weighted by molar-refractivity contribution is 7.92. The molecule has 2 aromatic carbocycles. The van der Waals surface area contributed by atoms with Gasteiger partial charge in [-0.1, -0.05) is 40.9 Å². The number of benzene rings is 2. The zero-order valence-corrected chi connectivity index (χ0v) is 18.0. The van der Waals surface area contributed by atoms with Crippen molar-refractivity contribution in [2.45, 2.75) is 11.8 Å². The predicted octanol–water partition coefficient (Wildman–Crippen LogP) is 4.96. The molecule has 10 heteroatoms. The van der Waals surface area contributed by atoms with Crippen LogP contribution in [0.2, 0.25) is 15.1 Å². The van der Waals surface area contributed by atoms with Crippen LogP contribution in [0.1, 0.15) is 21.6 Å². The molecule has 0 aliphatic heterocycles. The number of hydrogen-bond acceptors (Lipinski definition) is 5. The summed E-state index contributed by atoms with van der Waals surface area (Å²) in [6.45, 7) is 1.68. The number of nitrogens with one attached hydrogen (secondary N) is 1. The van der Waals surface area contributed by atoms with E-state index in [1.165, 1.54) is 42.6 Å². The second kappa shape index (κ2) is 8.20. The molecular formula is C19H14Cl3N3O3S. The van der Waals surface area contributed by atoms with Crippen LogP contribution in [0.15, 0.2) is 53.6 Å². The van der Waals surface area contributed by atoms with E-state index in [2.05, 4.69) is 9.71 Å². The third kappa shape index (κ3) is 4.48. The Bertz CT molecular complexity index is 1210. The Morgan fingerprint density at radius 3 is 2.45 bits per heavy atom. The van der Waals surface area contributed by atoms with Gasteiger partial charge in [-0.3, -0.25) is 9.52 Å². The average Bonchev–Trinajstić information content (AvgIpc) is 2.63. The van der Waals surface area contributed by atoms with Crippen LogP contribution in [0.3, 0.4) is 0 Å². The molecule has 0 bridgehead atoms. The van der Waals surface area contributed by atoms with Gasteiger partial charge in [0.1, 0.15) is 5.69 Å². The molecule has 3 aromatic rings. The fourth-order valence-corrected chi connectivity index (χ4v) is 4.27. The summed E-state index contributed by atoms with van der Waals surface area (Å²) in [4.78, 5) is 17.0. The van der Waals surface area contributed by atoms with E-state index in [0.717, 1.165) is 0 Å². The molecule has 0 radical (unpaired) electrons. The Morgan fingerprint density at radius 1 is 1.07 bits per heavy atom. The first kappa shape index (κ1) is 21.4. The summed E-state index contributed by atoms with van der Waals surface area (Å²) >= 11 is 18.1. The van der Waals surface area contributed by atoms with E-state index in [1.54, 1.807) is 13.0 Å². The summed E-state index contributed by atoms with van der Waals surface area (Å²) in [6, 6.07) is 10.1. The van der Waals surface area contributed by atoms with E-state index < -0.39 is 15.8 Å². The van der Waals surface area contributed by atoms with Gasteiger partial charge in [0.25, 0.3) is 10.0 Å². The first-order valence-corrected chi connectivity index (χ1v) is 10.7. The molecule has 1 heterocycles. The maximum atomic E-state index is 13.0. The number of carbonyl (C=O) groups is 1. The molecule has 0 aliphatic rings. The van der Waals surface area contributed by atoms with Crippen molar-refractivity contribution in [1.82, 2.24) is 4.98 Å². The Kier molecular flexibility index (Phi) is 6.05. The number of pyridine rings is 1. The fraction of sp³-hybridized carbons (Fsp3) is 0.0526. The van der Waals surface area contributed by atoms with Crippen LogP contribution < -0.4 is 10.5 Å². The second-order valence-corrected chi connectivity index (χ2v) is 9.03. The summed E-state index contributed by atoms with van der Waals surface area (Å²) in [5, 5.41) is 0.686. The molecule has 0 aliphatic carbocycles. The lowest BCUT2D eigenvalue weighted by molar-refractivity contribution is 0.103. The van der Waals surface area contributed by atoms with E-state index in [0.29, 0.717) is 10.6 Å². The Morgan fingerprint density at radius 2 is 1.79 bits per heavy atom. The molecule has 150 valence electrons. The summed E-state index contributed by atoms with van der Waals surface area (Å²) in [5.41, 5.74) is 6.33. The number of nitrogen functional groups attached to an aromatic ring is 1. The quantitative estimate of drug-likeness (QED) is 0.405. The third-order valence-corrected chi connectivity index (χ3v) is 6.34. The van der Waals surface area contributed by atoms with Crippen molar-refractivity contribution in [1.29, 1.82) is 0 Å². The van der Waals surface area contributed by atoms with E-state index in [9.17, 15) is 13.2 Å². The molecule has 6 nitrogen and oxygen atoms in total. The average molecular weight is 471 g/mol. The van der Waals surface area contributed by atoms with Crippen LogP contribution in [-0.2, 0) is 10.0 Å². The minimum atomic E-state index is -4.05. The minimum Gasteiger partial charge on any atom is -0.398 e. The van der Waals surface area contributed by atoms with E-state index in [4.69, 9.17) is 40.5 Å². The monoisotopic (exact) mass is 469 g/mol.